The number of pyridine rings is 1. The second kappa shape index (κ2) is 14.6. The molecule has 0 aliphatic carbocycles. The molecule has 0 aliphatic heterocycles. The van der Waals surface area contributed by atoms with Gasteiger partial charge in [0.05, 0.1) is 0 Å². The summed E-state index contributed by atoms with van der Waals surface area (Å²) >= 11 is 25.6. The Morgan fingerprint density at radius 3 is 1.55 bits per heavy atom. The van der Waals surface area contributed by atoms with E-state index in [0.29, 0.717) is 0 Å². The van der Waals surface area contributed by atoms with Crippen LogP contribution in [0.4, 0.5) is 0 Å². The summed E-state index contributed by atoms with van der Waals surface area (Å²) in [7, 11) is 0. The van der Waals surface area contributed by atoms with E-state index in [-0.39, 0.29) is 16.5 Å². The van der Waals surface area contributed by atoms with Crippen LogP contribution in [0.1, 0.15) is 5.56 Å². The molecule has 0 aliphatic rings. The van der Waals surface area contributed by atoms with Crippen molar-refractivity contribution >= 4 is 89.1 Å². The molecule has 4 aromatic rings. The molecule has 3 heterocycles. The van der Waals surface area contributed by atoms with Gasteiger partial charge in [-0.05, 0) is 12.1 Å². The minimum atomic E-state index is 0. The number of thiophene rings is 2. The summed E-state index contributed by atoms with van der Waals surface area (Å²) < 4.78 is 4.94. The van der Waals surface area contributed by atoms with Crippen LogP contribution < -0.4 is 4.57 Å². The van der Waals surface area contributed by atoms with Gasteiger partial charge in [0, 0.05) is 22.2 Å². The van der Waals surface area contributed by atoms with E-state index >= 15 is 0 Å². The zero-order valence-electron chi connectivity index (χ0n) is 14.8. The number of nitrogens with zero attached hydrogens (tertiary/aromatic N) is 1. The van der Waals surface area contributed by atoms with Gasteiger partial charge in [-0.3, -0.25) is 0 Å². The van der Waals surface area contributed by atoms with E-state index in [1.54, 1.807) is 0 Å². The first-order chi connectivity index (χ1) is 13.5. The zero-order valence-corrected chi connectivity index (χ0v) is 22.3. The quantitative estimate of drug-likeness (QED) is 0.160. The van der Waals surface area contributed by atoms with E-state index in [2.05, 4.69) is 57.2 Å². The van der Waals surface area contributed by atoms with Gasteiger partial charge in [0.2, 0.25) is 0 Å². The van der Waals surface area contributed by atoms with E-state index in [1.165, 1.54) is 28.2 Å². The zero-order chi connectivity index (χ0) is 20.4. The molecule has 4 rings (SSSR count). The van der Waals surface area contributed by atoms with Crippen molar-refractivity contribution in [2.45, 2.75) is 24.8 Å². The molecular formula is C20H15BrNNiS6. The molecule has 0 saturated carbocycles. The Balaban J connectivity index is 0.000000237. The molecule has 29 heavy (non-hydrogen) atoms. The van der Waals surface area contributed by atoms with Crippen LogP contribution in [0.15, 0.2) is 100 Å². The van der Waals surface area contributed by atoms with Crippen LogP contribution in [0, 0.1) is 0 Å². The number of benzene rings is 1. The normalized spacial score (nSPS) is 9.28. The molecule has 0 atom stereocenters. The number of aromatic nitrogens is 1. The molecule has 9 heteroatoms. The molecule has 3 aromatic heterocycles. The van der Waals surface area contributed by atoms with Crippen LogP contribution in [0.3, 0.4) is 0 Å². The molecule has 1 nitrogen and oxygen atoms in total. The van der Waals surface area contributed by atoms with Crippen LogP contribution in [0.5, 0.6) is 0 Å². The summed E-state index contributed by atoms with van der Waals surface area (Å²) in [5.41, 5.74) is 1.31. The molecule has 0 spiro atoms. The maximum Gasteiger partial charge on any atom is 3.00 e. The summed E-state index contributed by atoms with van der Waals surface area (Å²) in [6, 6.07) is 18.2. The fraction of sp³-hybridized carbons (Fsp3) is 0.0500. The molecular weight excluding hydrogens is 585 g/mol. The van der Waals surface area contributed by atoms with Crippen LogP contribution in [-0.2, 0) is 73.6 Å². The van der Waals surface area contributed by atoms with E-state index < -0.39 is 0 Å². The fourth-order valence-corrected chi connectivity index (χ4v) is 4.26. The summed E-state index contributed by atoms with van der Waals surface area (Å²) in [5, 5.41) is 3.81. The Hall–Kier alpha value is -0.376. The van der Waals surface area contributed by atoms with Crippen LogP contribution in [0.2, 0.25) is 0 Å². The van der Waals surface area contributed by atoms with E-state index in [4.69, 9.17) is 50.5 Å². The SMILES string of the molecule is Brc1ccc(C[n+]2ccccc2)cc1.[Ni+3].[S-]c1ccsc1[S-].[S-]c1ccsc1[S-]. The van der Waals surface area contributed by atoms with E-state index in [0.717, 1.165) is 29.2 Å². The second-order valence-corrected chi connectivity index (χ2v) is 10.3. The Bertz CT molecular complexity index is 885. The Morgan fingerprint density at radius 1 is 0.724 bits per heavy atom. The number of halogens is 1. The molecule has 0 amide bonds. The Morgan fingerprint density at radius 2 is 1.21 bits per heavy atom. The van der Waals surface area contributed by atoms with Gasteiger partial charge in [0.25, 0.3) is 0 Å². The monoisotopic (exact) mass is 598 g/mol. The number of hydrogen-bond donors (Lipinski definition) is 0. The molecule has 1 radical (unpaired) electrons. The third kappa shape index (κ3) is 10.5. The van der Waals surface area contributed by atoms with Crippen LogP contribution >= 0.6 is 38.6 Å². The predicted octanol–water partition coefficient (Wildman–Crippen LogP) is 5.90. The van der Waals surface area contributed by atoms with Gasteiger partial charge in [-0.2, -0.15) is 9.79 Å². The predicted molar refractivity (Wildman–Crippen MR) is 131 cm³/mol. The third-order valence-electron chi connectivity index (χ3n) is 3.25. The largest absolute Gasteiger partial charge is 3.00 e. The molecule has 0 N–H and O–H groups in total. The van der Waals surface area contributed by atoms with Gasteiger partial charge in [-0.15, -0.1) is 19.2 Å². The standard InChI is InChI=1S/C12H11BrN.2C4H4S3.Ni/c13-12-6-4-11(5-7-12)10-14-8-2-1-3-9-14;2*5-3-1-2-7-4(3)6;/h1-9H,10H2;2*1-2,5-6H;/q+1;;;+3/p-4. The summed E-state index contributed by atoms with van der Waals surface area (Å²) in [6.07, 6.45) is 4.14. The van der Waals surface area contributed by atoms with Crippen molar-refractivity contribution in [2.75, 3.05) is 0 Å². The second-order valence-electron chi connectivity index (χ2n) is 5.32. The van der Waals surface area contributed by atoms with Crippen molar-refractivity contribution in [3.8, 4) is 0 Å². The van der Waals surface area contributed by atoms with Crippen molar-refractivity contribution in [2.24, 2.45) is 0 Å². The van der Waals surface area contributed by atoms with Crippen molar-refractivity contribution in [1.82, 2.24) is 0 Å². The average molecular weight is 600 g/mol. The van der Waals surface area contributed by atoms with Crippen molar-refractivity contribution in [3.05, 3.63) is 87.8 Å². The molecule has 0 fully saturated rings. The first-order valence-corrected chi connectivity index (χ1v) is 12.2. The van der Waals surface area contributed by atoms with Crippen molar-refractivity contribution < 1.29 is 21.1 Å². The van der Waals surface area contributed by atoms with E-state index in [9.17, 15) is 0 Å². The van der Waals surface area contributed by atoms with Gasteiger partial charge < -0.3 is 73.2 Å². The maximum absolute atomic E-state index is 4.80. The van der Waals surface area contributed by atoms with Crippen LogP contribution in [-0.4, -0.2) is 0 Å². The average Bonchev–Trinajstić information content (AvgIpc) is 3.26. The van der Waals surface area contributed by atoms with Gasteiger partial charge in [-0.1, -0.05) is 46.3 Å². The van der Waals surface area contributed by atoms with Crippen molar-refractivity contribution in [3.63, 3.8) is 0 Å². The first kappa shape index (κ1) is 26.7. The summed E-state index contributed by atoms with van der Waals surface area (Å²) in [5.74, 6) is 0. The summed E-state index contributed by atoms with van der Waals surface area (Å²) in [4.78, 5) is 1.61. The van der Waals surface area contributed by atoms with Crippen molar-refractivity contribution in [1.29, 1.82) is 0 Å². The van der Waals surface area contributed by atoms with Gasteiger partial charge in [-0.25, -0.2) is 4.57 Å². The van der Waals surface area contributed by atoms with E-state index in [1.807, 2.05) is 41.1 Å². The third-order valence-corrected chi connectivity index (χ3v) is 7.40. The molecule has 153 valence electrons. The minimum absolute atomic E-state index is 0. The summed E-state index contributed by atoms with van der Waals surface area (Å²) in [6.45, 7) is 0.925. The Labute approximate surface area is 220 Å². The van der Waals surface area contributed by atoms with Gasteiger partial charge in [0.1, 0.15) is 0 Å². The van der Waals surface area contributed by atoms with Gasteiger partial charge >= 0.3 is 16.5 Å². The first-order valence-electron chi connectivity index (χ1n) is 7.97. The minimum Gasteiger partial charge on any atom is -0.781 e. The number of rotatable bonds is 2. The smallest absolute Gasteiger partial charge is 0.781 e. The fourth-order valence-electron chi connectivity index (χ4n) is 1.91. The topological polar surface area (TPSA) is 3.88 Å². The molecule has 0 unspecified atom stereocenters. The van der Waals surface area contributed by atoms with Gasteiger partial charge in [0.15, 0.2) is 18.9 Å². The molecule has 1 aromatic carbocycles. The Kier molecular flexibility index (Phi) is 13.4. The number of hydrogen-bond acceptors (Lipinski definition) is 6. The maximum atomic E-state index is 4.80. The van der Waals surface area contributed by atoms with Crippen LogP contribution in [0.25, 0.3) is 0 Å². The molecule has 0 saturated heterocycles. The molecule has 0 bridgehead atoms.